The molecule has 0 amide bonds. The Hall–Kier alpha value is -2.41. The highest BCUT2D eigenvalue weighted by molar-refractivity contribution is 6.20. The molecule has 0 fully saturated rings. The first-order chi connectivity index (χ1) is 14.8. The molecule has 2 heterocycles. The molecule has 0 saturated carbocycles. The van der Waals surface area contributed by atoms with Crippen LogP contribution in [0, 0.1) is 11.6 Å². The van der Waals surface area contributed by atoms with Crippen molar-refractivity contribution in [2.24, 2.45) is 0 Å². The van der Waals surface area contributed by atoms with Crippen molar-refractivity contribution in [1.29, 1.82) is 0 Å². The van der Waals surface area contributed by atoms with E-state index in [9.17, 15) is 13.6 Å². The van der Waals surface area contributed by atoms with E-state index in [1.54, 1.807) is 0 Å². The number of hydrogen-bond acceptors (Lipinski definition) is 5. The van der Waals surface area contributed by atoms with Crippen molar-refractivity contribution in [2.75, 3.05) is 25.2 Å². The second-order valence-electron chi connectivity index (χ2n) is 7.78. The summed E-state index contributed by atoms with van der Waals surface area (Å²) >= 11 is 6.52. The zero-order valence-electron chi connectivity index (χ0n) is 18.0. The molecule has 0 saturated heterocycles. The summed E-state index contributed by atoms with van der Waals surface area (Å²) in [4.78, 5) is 18.7. The van der Waals surface area contributed by atoms with Gasteiger partial charge in [0.05, 0.1) is 30.6 Å². The van der Waals surface area contributed by atoms with E-state index in [2.05, 4.69) is 16.8 Å². The summed E-state index contributed by atoms with van der Waals surface area (Å²) in [6.07, 6.45) is 1.93. The van der Waals surface area contributed by atoms with Gasteiger partial charge in [-0.05, 0) is 36.6 Å². The Morgan fingerprint density at radius 3 is 2.81 bits per heavy atom. The molecule has 0 radical (unpaired) electrons. The molecular formula is C23H27ClF2N2O3. The molecule has 0 aliphatic carbocycles. The number of hydrogen-bond donors (Lipinski definition) is 0. The van der Waals surface area contributed by atoms with Crippen molar-refractivity contribution in [3.05, 3.63) is 52.7 Å². The summed E-state index contributed by atoms with van der Waals surface area (Å²) < 4.78 is 38.3. The van der Waals surface area contributed by atoms with Crippen LogP contribution in [-0.4, -0.2) is 42.6 Å². The van der Waals surface area contributed by atoms with Gasteiger partial charge in [0.25, 0.3) is 0 Å². The van der Waals surface area contributed by atoms with Crippen LogP contribution in [-0.2, 0) is 22.4 Å². The Kier molecular flexibility index (Phi) is 7.70. The minimum Gasteiger partial charge on any atom is -0.474 e. The van der Waals surface area contributed by atoms with Gasteiger partial charge in [-0.2, -0.15) is 0 Å². The number of aromatic nitrogens is 1. The van der Waals surface area contributed by atoms with Crippen LogP contribution in [0.2, 0.25) is 0 Å². The first-order valence-electron chi connectivity index (χ1n) is 10.4. The summed E-state index contributed by atoms with van der Waals surface area (Å²) in [6, 6.07) is 5.41. The number of carbonyl (C=O) groups excluding carboxylic acids is 1. The van der Waals surface area contributed by atoms with E-state index >= 15 is 0 Å². The van der Waals surface area contributed by atoms with Gasteiger partial charge in [-0.15, -0.1) is 11.6 Å². The number of rotatable bonds is 8. The quantitative estimate of drug-likeness (QED) is 0.430. The van der Waals surface area contributed by atoms with Crippen LogP contribution in [0.5, 0.6) is 5.88 Å². The van der Waals surface area contributed by atoms with Gasteiger partial charge in [0, 0.05) is 19.0 Å². The second kappa shape index (κ2) is 10.3. The fourth-order valence-electron chi connectivity index (χ4n) is 3.68. The van der Waals surface area contributed by atoms with E-state index in [1.165, 1.54) is 19.2 Å². The molecule has 1 aliphatic heterocycles. The topological polar surface area (TPSA) is 51.7 Å². The molecular weight excluding hydrogens is 426 g/mol. The standard InChI is InChI=1S/C23H27ClF2N2O3/c1-4-5-17(24)12-28-14(2)13-31-23-21(28)9-16(20(27-23)11-22(29)30-3)8-15-6-7-18(25)10-19(15)26/h6-7,9-10,14,17H,4-5,8,11-13H2,1-3H3/t14-,17?/m0/s1. The summed E-state index contributed by atoms with van der Waals surface area (Å²) in [5, 5.41) is -0.0360. The minimum absolute atomic E-state index is 0.0360. The molecule has 1 unspecified atom stereocenters. The number of methoxy groups -OCH3 is 1. The lowest BCUT2D eigenvalue weighted by molar-refractivity contribution is -0.139. The number of alkyl halides is 1. The lowest BCUT2D eigenvalue weighted by atomic mass is 10.00. The van der Waals surface area contributed by atoms with E-state index in [4.69, 9.17) is 21.1 Å². The Labute approximate surface area is 186 Å². The summed E-state index contributed by atoms with van der Waals surface area (Å²) in [7, 11) is 1.30. The van der Waals surface area contributed by atoms with Crippen LogP contribution in [0.3, 0.4) is 0 Å². The Balaban J connectivity index is 2.02. The molecule has 8 heteroatoms. The Morgan fingerprint density at radius 1 is 1.35 bits per heavy atom. The molecule has 168 valence electrons. The van der Waals surface area contributed by atoms with E-state index in [0.29, 0.717) is 35.9 Å². The van der Waals surface area contributed by atoms with Crippen molar-refractivity contribution >= 4 is 23.3 Å². The number of halogens is 3. The number of fused-ring (bicyclic) bond motifs is 1. The Morgan fingerprint density at radius 2 is 2.13 bits per heavy atom. The molecule has 1 aromatic carbocycles. The lowest BCUT2D eigenvalue weighted by Crippen LogP contribution is -2.44. The molecule has 0 spiro atoms. The molecule has 0 bridgehead atoms. The fourth-order valence-corrected chi connectivity index (χ4v) is 4.05. The van der Waals surface area contributed by atoms with Gasteiger partial charge in [0.15, 0.2) is 0 Å². The highest BCUT2D eigenvalue weighted by Crippen LogP contribution is 2.36. The van der Waals surface area contributed by atoms with Gasteiger partial charge < -0.3 is 14.4 Å². The van der Waals surface area contributed by atoms with Crippen LogP contribution >= 0.6 is 11.6 Å². The molecule has 31 heavy (non-hydrogen) atoms. The lowest BCUT2D eigenvalue weighted by Gasteiger charge is -2.37. The first kappa shape index (κ1) is 23.3. The predicted molar refractivity (Wildman–Crippen MR) is 116 cm³/mol. The van der Waals surface area contributed by atoms with Crippen LogP contribution in [0.4, 0.5) is 14.5 Å². The van der Waals surface area contributed by atoms with Crippen LogP contribution in [0.25, 0.3) is 0 Å². The third-order valence-corrected chi connectivity index (χ3v) is 5.73. The van der Waals surface area contributed by atoms with Crippen molar-refractivity contribution in [1.82, 2.24) is 4.98 Å². The third kappa shape index (κ3) is 5.64. The monoisotopic (exact) mass is 452 g/mol. The van der Waals surface area contributed by atoms with E-state index in [1.807, 2.05) is 13.0 Å². The number of anilines is 1. The van der Waals surface area contributed by atoms with Crippen molar-refractivity contribution in [2.45, 2.75) is 50.9 Å². The fraction of sp³-hybridized carbons (Fsp3) is 0.478. The molecule has 5 nitrogen and oxygen atoms in total. The van der Waals surface area contributed by atoms with Crippen LogP contribution < -0.4 is 9.64 Å². The number of pyridine rings is 1. The van der Waals surface area contributed by atoms with Crippen molar-refractivity contribution in [3.63, 3.8) is 0 Å². The average Bonchev–Trinajstić information content (AvgIpc) is 2.73. The SMILES string of the molecule is CCCC(Cl)CN1c2cc(Cc3ccc(F)cc3F)c(CC(=O)OC)nc2OC[C@@H]1C. The maximum absolute atomic E-state index is 14.3. The summed E-state index contributed by atoms with van der Waals surface area (Å²) in [6.45, 7) is 5.19. The zero-order valence-corrected chi connectivity index (χ0v) is 18.7. The Bertz CT molecular complexity index is 941. The van der Waals surface area contributed by atoms with Gasteiger partial charge >= 0.3 is 5.97 Å². The maximum atomic E-state index is 14.3. The number of ether oxygens (including phenoxy) is 2. The molecule has 2 atom stereocenters. The number of esters is 1. The normalized spacial score (nSPS) is 16.5. The number of nitrogens with zero attached hydrogens (tertiary/aromatic N) is 2. The van der Waals surface area contributed by atoms with Gasteiger partial charge in [-0.1, -0.05) is 19.4 Å². The second-order valence-corrected chi connectivity index (χ2v) is 8.40. The number of carbonyl (C=O) groups is 1. The van der Waals surface area contributed by atoms with Gasteiger partial charge in [-0.25, -0.2) is 13.8 Å². The zero-order chi connectivity index (χ0) is 22.5. The maximum Gasteiger partial charge on any atom is 0.311 e. The molecule has 3 rings (SSSR count). The van der Waals surface area contributed by atoms with E-state index in [0.717, 1.165) is 24.6 Å². The predicted octanol–water partition coefficient (Wildman–Crippen LogP) is 4.66. The van der Waals surface area contributed by atoms with Gasteiger partial charge in [-0.3, -0.25) is 4.79 Å². The van der Waals surface area contributed by atoms with Gasteiger partial charge in [0.2, 0.25) is 5.88 Å². The smallest absolute Gasteiger partial charge is 0.311 e. The molecule has 1 aromatic heterocycles. The summed E-state index contributed by atoms with van der Waals surface area (Å²) in [5.41, 5.74) is 2.16. The van der Waals surface area contributed by atoms with Crippen LogP contribution in [0.15, 0.2) is 24.3 Å². The van der Waals surface area contributed by atoms with Crippen molar-refractivity contribution in [3.8, 4) is 5.88 Å². The minimum atomic E-state index is -0.646. The van der Waals surface area contributed by atoms with Gasteiger partial charge in [0.1, 0.15) is 23.9 Å². The largest absolute Gasteiger partial charge is 0.474 e. The van der Waals surface area contributed by atoms with Crippen molar-refractivity contribution < 1.29 is 23.0 Å². The molecule has 0 N–H and O–H groups in total. The number of benzene rings is 1. The first-order valence-corrected chi connectivity index (χ1v) is 10.8. The van der Waals surface area contributed by atoms with Crippen LogP contribution in [0.1, 0.15) is 43.5 Å². The van der Waals surface area contributed by atoms with E-state index < -0.39 is 17.6 Å². The van der Waals surface area contributed by atoms with E-state index in [-0.39, 0.29) is 24.3 Å². The third-order valence-electron chi connectivity index (χ3n) is 5.37. The summed E-state index contributed by atoms with van der Waals surface area (Å²) in [5.74, 6) is -1.33. The highest BCUT2D eigenvalue weighted by atomic mass is 35.5. The molecule has 2 aromatic rings. The molecule has 1 aliphatic rings. The average molecular weight is 453 g/mol. The highest BCUT2D eigenvalue weighted by Gasteiger charge is 2.29.